The summed E-state index contributed by atoms with van der Waals surface area (Å²) in [5.41, 5.74) is 0.503. The molecule has 27 heavy (non-hydrogen) atoms. The van der Waals surface area contributed by atoms with Gasteiger partial charge in [0.05, 0.1) is 4.90 Å². The molecule has 1 atom stereocenters. The lowest BCUT2D eigenvalue weighted by molar-refractivity contribution is 0.0709. The number of amides is 1. The van der Waals surface area contributed by atoms with E-state index in [0.717, 1.165) is 12.1 Å². The van der Waals surface area contributed by atoms with Gasteiger partial charge < -0.3 is 10.2 Å². The highest BCUT2D eigenvalue weighted by molar-refractivity contribution is 7.92. The number of carbonyl (C=O) groups is 1. The lowest BCUT2D eigenvalue weighted by Gasteiger charge is -2.32. The average Bonchev–Trinajstić information content (AvgIpc) is 2.63. The summed E-state index contributed by atoms with van der Waals surface area (Å²) >= 11 is 0. The summed E-state index contributed by atoms with van der Waals surface area (Å²) < 4.78 is 53.4. The maximum atomic E-state index is 13.3. The van der Waals surface area contributed by atoms with Crippen molar-refractivity contribution in [2.75, 3.05) is 24.4 Å². The molecule has 1 amide bonds. The first-order valence-electron chi connectivity index (χ1n) is 8.37. The van der Waals surface area contributed by atoms with E-state index < -0.39 is 26.6 Å². The maximum absolute atomic E-state index is 13.3. The number of sulfonamides is 1. The molecular weight excluding hydrogens is 376 g/mol. The lowest BCUT2D eigenvalue weighted by Crippen LogP contribution is -2.51. The van der Waals surface area contributed by atoms with Gasteiger partial charge in [-0.1, -0.05) is 6.07 Å². The van der Waals surface area contributed by atoms with Crippen molar-refractivity contribution >= 4 is 21.6 Å². The molecule has 1 aliphatic heterocycles. The fourth-order valence-electron chi connectivity index (χ4n) is 2.87. The number of piperazine rings is 1. The van der Waals surface area contributed by atoms with E-state index in [2.05, 4.69) is 10.0 Å². The number of benzene rings is 2. The van der Waals surface area contributed by atoms with Crippen molar-refractivity contribution in [3.05, 3.63) is 59.7 Å². The standard InChI is InChI=1S/C18H19F2N3O3S/c1-12-11-23(8-7-21-12)18(24)13-3-2-4-14(9-13)22-27(25,26)15-5-6-16(19)17(20)10-15/h2-6,9-10,12,21-22H,7-8,11H2,1H3. The molecule has 2 aromatic rings. The smallest absolute Gasteiger partial charge is 0.261 e. The molecule has 6 nitrogen and oxygen atoms in total. The number of hydrogen-bond acceptors (Lipinski definition) is 4. The van der Waals surface area contributed by atoms with Gasteiger partial charge in [-0.05, 0) is 43.3 Å². The summed E-state index contributed by atoms with van der Waals surface area (Å²) in [7, 11) is -4.12. The van der Waals surface area contributed by atoms with Crippen LogP contribution in [0.3, 0.4) is 0 Å². The van der Waals surface area contributed by atoms with Gasteiger partial charge in [0.25, 0.3) is 15.9 Å². The van der Waals surface area contributed by atoms with Crippen LogP contribution in [-0.4, -0.2) is 44.9 Å². The number of halogens is 2. The molecule has 1 aliphatic rings. The van der Waals surface area contributed by atoms with Crippen molar-refractivity contribution in [1.82, 2.24) is 10.2 Å². The topological polar surface area (TPSA) is 78.5 Å². The molecule has 3 rings (SSSR count). The molecule has 2 N–H and O–H groups in total. The van der Waals surface area contributed by atoms with Gasteiger partial charge in [-0.25, -0.2) is 17.2 Å². The fourth-order valence-corrected chi connectivity index (χ4v) is 3.93. The van der Waals surface area contributed by atoms with Gasteiger partial charge in [-0.2, -0.15) is 0 Å². The first-order valence-corrected chi connectivity index (χ1v) is 9.85. The predicted octanol–water partition coefficient (Wildman–Crippen LogP) is 2.20. The van der Waals surface area contributed by atoms with Crippen LogP contribution >= 0.6 is 0 Å². The van der Waals surface area contributed by atoms with Crippen LogP contribution in [0.4, 0.5) is 14.5 Å². The zero-order valence-electron chi connectivity index (χ0n) is 14.6. The van der Waals surface area contributed by atoms with Crippen LogP contribution in [0.25, 0.3) is 0 Å². The molecule has 0 bridgehead atoms. The molecule has 1 heterocycles. The average molecular weight is 395 g/mol. The van der Waals surface area contributed by atoms with Gasteiger partial charge in [0.1, 0.15) is 0 Å². The second-order valence-electron chi connectivity index (χ2n) is 6.37. The third-order valence-electron chi connectivity index (χ3n) is 4.22. The molecule has 1 saturated heterocycles. The van der Waals surface area contributed by atoms with Gasteiger partial charge in [-0.15, -0.1) is 0 Å². The van der Waals surface area contributed by atoms with Crippen molar-refractivity contribution in [3.8, 4) is 0 Å². The first kappa shape index (κ1) is 19.2. The summed E-state index contributed by atoms with van der Waals surface area (Å²) in [5.74, 6) is -2.58. The molecule has 2 aromatic carbocycles. The summed E-state index contributed by atoms with van der Waals surface area (Å²) in [6, 6.07) is 8.56. The predicted molar refractivity (Wildman–Crippen MR) is 97.0 cm³/mol. The van der Waals surface area contributed by atoms with Crippen molar-refractivity contribution in [2.45, 2.75) is 17.9 Å². The van der Waals surface area contributed by atoms with E-state index >= 15 is 0 Å². The fraction of sp³-hybridized carbons (Fsp3) is 0.278. The number of rotatable bonds is 4. The normalized spacial score (nSPS) is 17.6. The van der Waals surface area contributed by atoms with Crippen LogP contribution in [0.1, 0.15) is 17.3 Å². The van der Waals surface area contributed by atoms with Gasteiger partial charge in [0.2, 0.25) is 0 Å². The van der Waals surface area contributed by atoms with Crippen LogP contribution in [-0.2, 0) is 10.0 Å². The Balaban J connectivity index is 1.80. The van der Waals surface area contributed by atoms with Crippen LogP contribution in [0.5, 0.6) is 0 Å². The van der Waals surface area contributed by atoms with Crippen LogP contribution < -0.4 is 10.0 Å². The Morgan fingerprint density at radius 3 is 2.67 bits per heavy atom. The SMILES string of the molecule is CC1CN(C(=O)c2cccc(NS(=O)(=O)c3ccc(F)c(F)c3)c2)CCN1. The number of anilines is 1. The van der Waals surface area contributed by atoms with Gasteiger partial charge in [0, 0.05) is 36.9 Å². The Bertz CT molecular complexity index is 966. The summed E-state index contributed by atoms with van der Waals surface area (Å²) in [6.07, 6.45) is 0. The van der Waals surface area contributed by atoms with Crippen LogP contribution in [0, 0.1) is 11.6 Å². The monoisotopic (exact) mass is 395 g/mol. The van der Waals surface area contributed by atoms with E-state index in [9.17, 15) is 22.0 Å². The summed E-state index contributed by atoms with van der Waals surface area (Å²) in [6.45, 7) is 3.79. The molecule has 144 valence electrons. The molecule has 0 radical (unpaired) electrons. The molecule has 0 aromatic heterocycles. The van der Waals surface area contributed by atoms with Crippen LogP contribution in [0.2, 0.25) is 0 Å². The second kappa shape index (κ2) is 7.61. The van der Waals surface area contributed by atoms with Crippen LogP contribution in [0.15, 0.2) is 47.4 Å². The van der Waals surface area contributed by atoms with Gasteiger partial charge >= 0.3 is 0 Å². The van der Waals surface area contributed by atoms with E-state index in [-0.39, 0.29) is 17.6 Å². The molecule has 9 heteroatoms. The van der Waals surface area contributed by atoms with Crippen molar-refractivity contribution in [3.63, 3.8) is 0 Å². The quantitative estimate of drug-likeness (QED) is 0.832. The Labute approximate surface area is 156 Å². The van der Waals surface area contributed by atoms with Crippen molar-refractivity contribution in [2.24, 2.45) is 0 Å². The maximum Gasteiger partial charge on any atom is 0.261 e. The zero-order chi connectivity index (χ0) is 19.6. The minimum atomic E-state index is -4.12. The highest BCUT2D eigenvalue weighted by Gasteiger charge is 2.22. The van der Waals surface area contributed by atoms with Gasteiger partial charge in [-0.3, -0.25) is 9.52 Å². The van der Waals surface area contributed by atoms with E-state index in [1.807, 2.05) is 6.92 Å². The second-order valence-corrected chi connectivity index (χ2v) is 8.05. The Morgan fingerprint density at radius 2 is 1.96 bits per heavy atom. The molecule has 0 aliphatic carbocycles. The van der Waals surface area contributed by atoms with E-state index in [4.69, 9.17) is 0 Å². The van der Waals surface area contributed by atoms with Gasteiger partial charge in [0.15, 0.2) is 11.6 Å². The lowest BCUT2D eigenvalue weighted by atomic mass is 10.1. The Kier molecular flexibility index (Phi) is 5.43. The Morgan fingerprint density at radius 1 is 1.19 bits per heavy atom. The minimum absolute atomic E-state index is 0.161. The molecule has 1 unspecified atom stereocenters. The van der Waals surface area contributed by atoms with E-state index in [1.165, 1.54) is 12.1 Å². The van der Waals surface area contributed by atoms with E-state index in [1.54, 1.807) is 17.0 Å². The molecule has 0 spiro atoms. The molecular formula is C18H19F2N3O3S. The summed E-state index contributed by atoms with van der Waals surface area (Å²) in [4.78, 5) is 13.9. The van der Waals surface area contributed by atoms with E-state index in [0.29, 0.717) is 31.3 Å². The third-order valence-corrected chi connectivity index (χ3v) is 5.60. The Hall–Kier alpha value is -2.52. The van der Waals surface area contributed by atoms with Crippen molar-refractivity contribution in [1.29, 1.82) is 0 Å². The molecule has 0 saturated carbocycles. The zero-order valence-corrected chi connectivity index (χ0v) is 15.4. The number of nitrogens with one attached hydrogen (secondary N) is 2. The van der Waals surface area contributed by atoms with Crippen molar-refractivity contribution < 1.29 is 22.0 Å². The highest BCUT2D eigenvalue weighted by atomic mass is 32.2. The third kappa shape index (κ3) is 4.42. The highest BCUT2D eigenvalue weighted by Crippen LogP contribution is 2.20. The molecule has 1 fully saturated rings. The number of hydrogen-bond donors (Lipinski definition) is 2. The first-order chi connectivity index (χ1) is 12.8. The number of carbonyl (C=O) groups excluding carboxylic acids is 1. The minimum Gasteiger partial charge on any atom is -0.336 e. The number of nitrogens with zero attached hydrogens (tertiary/aromatic N) is 1. The summed E-state index contributed by atoms with van der Waals surface area (Å²) in [5, 5.41) is 3.24. The largest absolute Gasteiger partial charge is 0.336 e.